The summed E-state index contributed by atoms with van der Waals surface area (Å²) in [7, 11) is 0. The number of aromatic nitrogens is 2. The van der Waals surface area contributed by atoms with Crippen molar-refractivity contribution in [3.63, 3.8) is 0 Å². The Morgan fingerprint density at radius 3 is 2.57 bits per heavy atom. The number of fused-ring (bicyclic) bond motifs is 1. The molecule has 0 aliphatic carbocycles. The molecule has 0 bridgehead atoms. The van der Waals surface area contributed by atoms with Gasteiger partial charge in [-0.2, -0.15) is 10.2 Å². The van der Waals surface area contributed by atoms with E-state index in [2.05, 4.69) is 9.97 Å². The molecule has 6 heteroatoms. The van der Waals surface area contributed by atoms with Gasteiger partial charge in [-0.05, 0) is 35.9 Å². The van der Waals surface area contributed by atoms with Crippen molar-refractivity contribution < 1.29 is 4.74 Å². The highest BCUT2D eigenvalue weighted by atomic mass is 16.5. The van der Waals surface area contributed by atoms with Crippen LogP contribution in [0.1, 0.15) is 12.5 Å². The van der Waals surface area contributed by atoms with E-state index < -0.39 is 0 Å². The predicted molar refractivity (Wildman–Crippen MR) is 89.7 cm³/mol. The average molecular weight is 305 g/mol. The molecule has 3 rings (SSSR count). The first-order valence-corrected chi connectivity index (χ1v) is 7.12. The zero-order valence-corrected chi connectivity index (χ0v) is 12.6. The highest BCUT2D eigenvalue weighted by Gasteiger charge is 2.13. The Kier molecular flexibility index (Phi) is 3.69. The molecule has 1 heterocycles. The van der Waals surface area contributed by atoms with E-state index in [1.807, 2.05) is 49.4 Å². The standard InChI is InChI=1S/C17H15N5O/c1-2-23-13-6-5-10-7-12(4-3-11(10)8-13)15-14(9-18)16(19)22-17(20)21-15/h3-8H,2H2,1H3,(H4,19,20,21,22). The van der Waals surface area contributed by atoms with E-state index in [-0.39, 0.29) is 17.3 Å². The maximum Gasteiger partial charge on any atom is 0.222 e. The molecule has 2 aromatic carbocycles. The molecule has 114 valence electrons. The molecule has 0 radical (unpaired) electrons. The predicted octanol–water partition coefficient (Wildman–Crippen LogP) is 2.73. The van der Waals surface area contributed by atoms with Crippen LogP contribution in [0.2, 0.25) is 0 Å². The number of nitrogens with two attached hydrogens (primary N) is 2. The Morgan fingerprint density at radius 2 is 1.83 bits per heavy atom. The first-order valence-electron chi connectivity index (χ1n) is 7.12. The van der Waals surface area contributed by atoms with Crippen LogP contribution in [0.5, 0.6) is 5.75 Å². The number of nitriles is 1. The van der Waals surface area contributed by atoms with Crippen LogP contribution in [0.3, 0.4) is 0 Å². The number of anilines is 2. The number of ether oxygens (including phenoxy) is 1. The van der Waals surface area contributed by atoms with Gasteiger partial charge in [0.15, 0.2) is 0 Å². The van der Waals surface area contributed by atoms with Crippen LogP contribution >= 0.6 is 0 Å². The lowest BCUT2D eigenvalue weighted by molar-refractivity contribution is 0.341. The lowest BCUT2D eigenvalue weighted by atomic mass is 10.0. The highest BCUT2D eigenvalue weighted by molar-refractivity contribution is 5.89. The van der Waals surface area contributed by atoms with Gasteiger partial charge in [0.25, 0.3) is 0 Å². The molecule has 0 saturated heterocycles. The van der Waals surface area contributed by atoms with Crippen LogP contribution in [0.4, 0.5) is 11.8 Å². The lowest BCUT2D eigenvalue weighted by Crippen LogP contribution is -2.04. The first-order chi connectivity index (χ1) is 11.1. The van der Waals surface area contributed by atoms with Gasteiger partial charge in [0.1, 0.15) is 23.2 Å². The van der Waals surface area contributed by atoms with Gasteiger partial charge in [-0.1, -0.05) is 18.2 Å². The Hall–Kier alpha value is -3.33. The van der Waals surface area contributed by atoms with Crippen molar-refractivity contribution in [3.05, 3.63) is 42.0 Å². The Labute approximate surface area is 133 Å². The summed E-state index contributed by atoms with van der Waals surface area (Å²) in [5.74, 6) is 0.950. The van der Waals surface area contributed by atoms with E-state index in [9.17, 15) is 5.26 Å². The summed E-state index contributed by atoms with van der Waals surface area (Å²) in [5, 5.41) is 11.3. The average Bonchev–Trinajstić information content (AvgIpc) is 2.54. The number of benzene rings is 2. The third-order valence-corrected chi connectivity index (χ3v) is 3.46. The van der Waals surface area contributed by atoms with Gasteiger partial charge in [0.05, 0.1) is 12.3 Å². The normalized spacial score (nSPS) is 10.4. The summed E-state index contributed by atoms with van der Waals surface area (Å²) >= 11 is 0. The van der Waals surface area contributed by atoms with E-state index >= 15 is 0 Å². The molecule has 23 heavy (non-hydrogen) atoms. The second-order valence-corrected chi connectivity index (χ2v) is 4.96. The van der Waals surface area contributed by atoms with Crippen molar-refractivity contribution in [1.82, 2.24) is 9.97 Å². The first kappa shape index (κ1) is 14.6. The molecular formula is C17H15N5O. The van der Waals surface area contributed by atoms with Crippen molar-refractivity contribution in [2.75, 3.05) is 18.1 Å². The summed E-state index contributed by atoms with van der Waals surface area (Å²) in [6.45, 7) is 2.56. The summed E-state index contributed by atoms with van der Waals surface area (Å²) < 4.78 is 5.50. The SMILES string of the molecule is CCOc1ccc2cc(-c3nc(N)nc(N)c3C#N)ccc2c1. The zero-order valence-electron chi connectivity index (χ0n) is 12.6. The third kappa shape index (κ3) is 2.72. The molecule has 0 fully saturated rings. The zero-order chi connectivity index (χ0) is 16.4. The molecule has 0 aliphatic heterocycles. The largest absolute Gasteiger partial charge is 0.494 e. The maximum absolute atomic E-state index is 9.29. The van der Waals surface area contributed by atoms with Crippen LogP contribution in [0.25, 0.3) is 22.0 Å². The monoisotopic (exact) mass is 305 g/mol. The van der Waals surface area contributed by atoms with Gasteiger partial charge < -0.3 is 16.2 Å². The number of nitrogens with zero attached hydrogens (tertiary/aromatic N) is 3. The van der Waals surface area contributed by atoms with E-state index in [1.165, 1.54) is 0 Å². The number of hydrogen-bond acceptors (Lipinski definition) is 6. The van der Waals surface area contributed by atoms with Crippen LogP contribution in [0.15, 0.2) is 36.4 Å². The van der Waals surface area contributed by atoms with Crippen LogP contribution in [0, 0.1) is 11.3 Å². The molecule has 6 nitrogen and oxygen atoms in total. The molecule has 0 atom stereocenters. The third-order valence-electron chi connectivity index (χ3n) is 3.46. The topological polar surface area (TPSA) is 111 Å². The second-order valence-electron chi connectivity index (χ2n) is 4.96. The number of nitrogen functional groups attached to an aromatic ring is 2. The molecule has 1 aromatic heterocycles. The summed E-state index contributed by atoms with van der Waals surface area (Å²) in [6.07, 6.45) is 0. The van der Waals surface area contributed by atoms with Crippen LogP contribution in [-0.4, -0.2) is 16.6 Å². The fourth-order valence-electron chi connectivity index (χ4n) is 2.44. The molecule has 0 unspecified atom stereocenters. The van der Waals surface area contributed by atoms with Gasteiger partial charge in [-0.3, -0.25) is 0 Å². The van der Waals surface area contributed by atoms with Crippen LogP contribution in [-0.2, 0) is 0 Å². The summed E-state index contributed by atoms with van der Waals surface area (Å²) in [5.41, 5.74) is 12.9. The Bertz CT molecular complexity index is 930. The number of rotatable bonds is 3. The molecule has 0 saturated carbocycles. The molecule has 0 amide bonds. The van der Waals surface area contributed by atoms with E-state index in [1.54, 1.807) is 0 Å². The molecule has 0 spiro atoms. The van der Waals surface area contributed by atoms with Gasteiger partial charge in [-0.15, -0.1) is 0 Å². The Morgan fingerprint density at radius 1 is 1.09 bits per heavy atom. The smallest absolute Gasteiger partial charge is 0.222 e. The second kappa shape index (κ2) is 5.81. The fraction of sp³-hybridized carbons (Fsp3) is 0.118. The van der Waals surface area contributed by atoms with E-state index in [4.69, 9.17) is 16.2 Å². The fourth-order valence-corrected chi connectivity index (χ4v) is 2.44. The van der Waals surface area contributed by atoms with Crippen molar-refractivity contribution in [2.45, 2.75) is 6.92 Å². The maximum atomic E-state index is 9.29. The van der Waals surface area contributed by atoms with E-state index in [0.717, 1.165) is 22.1 Å². The highest BCUT2D eigenvalue weighted by Crippen LogP contribution is 2.29. The molecule has 0 aliphatic rings. The van der Waals surface area contributed by atoms with Gasteiger partial charge in [0.2, 0.25) is 5.95 Å². The molecule has 4 N–H and O–H groups in total. The minimum Gasteiger partial charge on any atom is -0.494 e. The lowest BCUT2D eigenvalue weighted by Gasteiger charge is -2.09. The summed E-state index contributed by atoms with van der Waals surface area (Å²) in [6, 6.07) is 13.6. The Balaban J connectivity index is 2.15. The van der Waals surface area contributed by atoms with Crippen LogP contribution < -0.4 is 16.2 Å². The molecular weight excluding hydrogens is 290 g/mol. The van der Waals surface area contributed by atoms with Gasteiger partial charge in [-0.25, -0.2) is 4.98 Å². The van der Waals surface area contributed by atoms with E-state index in [0.29, 0.717) is 12.3 Å². The number of hydrogen-bond donors (Lipinski definition) is 2. The van der Waals surface area contributed by atoms with Gasteiger partial charge in [0, 0.05) is 5.56 Å². The van der Waals surface area contributed by atoms with Crippen molar-refractivity contribution in [3.8, 4) is 23.1 Å². The quantitative estimate of drug-likeness (QED) is 0.769. The molecule has 3 aromatic rings. The van der Waals surface area contributed by atoms with Crippen molar-refractivity contribution in [1.29, 1.82) is 5.26 Å². The minimum absolute atomic E-state index is 0.0447. The van der Waals surface area contributed by atoms with Crippen molar-refractivity contribution in [2.24, 2.45) is 0 Å². The summed E-state index contributed by atoms with van der Waals surface area (Å²) in [4.78, 5) is 8.00. The van der Waals surface area contributed by atoms with Gasteiger partial charge >= 0.3 is 0 Å². The van der Waals surface area contributed by atoms with Crippen molar-refractivity contribution >= 4 is 22.5 Å². The minimum atomic E-state index is 0.0447.